The van der Waals surface area contributed by atoms with E-state index in [0.717, 1.165) is 0 Å². The van der Waals surface area contributed by atoms with Crippen LogP contribution in [-0.2, 0) is 11.3 Å². The molecule has 0 aliphatic heterocycles. The molecular weight excluding hydrogens is 260 g/mol. The summed E-state index contributed by atoms with van der Waals surface area (Å²) in [6.07, 6.45) is 0. The van der Waals surface area contributed by atoms with E-state index in [4.69, 9.17) is 18.6 Å². The summed E-state index contributed by atoms with van der Waals surface area (Å²) < 4.78 is 20.7. The second-order valence-corrected chi connectivity index (χ2v) is 4.09. The number of hydrogen-bond donors (Lipinski definition) is 0. The van der Waals surface area contributed by atoms with Crippen molar-refractivity contribution in [2.24, 2.45) is 0 Å². The minimum atomic E-state index is -0.244. The Labute approximate surface area is 117 Å². The van der Waals surface area contributed by atoms with Crippen molar-refractivity contribution in [1.29, 1.82) is 0 Å². The summed E-state index contributed by atoms with van der Waals surface area (Å²) in [6.45, 7) is 0.326. The Hall–Kier alpha value is -2.27. The van der Waals surface area contributed by atoms with Crippen LogP contribution in [0, 0.1) is 0 Å². The van der Waals surface area contributed by atoms with Crippen molar-refractivity contribution < 1.29 is 23.4 Å². The molecule has 2 aromatic rings. The van der Waals surface area contributed by atoms with Gasteiger partial charge in [-0.1, -0.05) is 0 Å². The van der Waals surface area contributed by atoms with Crippen molar-refractivity contribution in [3.63, 3.8) is 0 Å². The van der Waals surface area contributed by atoms with Crippen molar-refractivity contribution in [2.45, 2.75) is 6.61 Å². The maximum absolute atomic E-state index is 12.4. The van der Waals surface area contributed by atoms with E-state index in [9.17, 15) is 4.79 Å². The number of rotatable bonds is 6. The third-order valence-electron chi connectivity index (χ3n) is 2.83. The van der Waals surface area contributed by atoms with Gasteiger partial charge in [0, 0.05) is 13.2 Å². The van der Waals surface area contributed by atoms with Crippen LogP contribution in [-0.4, -0.2) is 27.1 Å². The fraction of sp³-hybridized carbons (Fsp3) is 0.267. The molecule has 20 heavy (non-hydrogen) atoms. The van der Waals surface area contributed by atoms with Crippen molar-refractivity contribution >= 4 is 5.78 Å². The van der Waals surface area contributed by atoms with Gasteiger partial charge in [0.15, 0.2) is 5.76 Å². The Balaban J connectivity index is 2.32. The standard InChI is InChI=1S/C15H16O5/c1-17-9-11-5-7-13(20-11)15(16)12-6-4-10(18-2)8-14(12)19-3/h4-8H,9H2,1-3H3. The molecule has 0 saturated heterocycles. The van der Waals surface area contributed by atoms with E-state index in [2.05, 4.69) is 0 Å². The molecular formula is C15H16O5. The van der Waals surface area contributed by atoms with E-state index in [0.29, 0.717) is 29.4 Å². The van der Waals surface area contributed by atoms with Gasteiger partial charge in [-0.15, -0.1) is 0 Å². The van der Waals surface area contributed by atoms with Crippen LogP contribution in [0.2, 0.25) is 0 Å². The van der Waals surface area contributed by atoms with Crippen LogP contribution >= 0.6 is 0 Å². The number of benzene rings is 1. The lowest BCUT2D eigenvalue weighted by molar-refractivity contribution is 0.0997. The minimum absolute atomic E-state index is 0.244. The molecule has 106 valence electrons. The second-order valence-electron chi connectivity index (χ2n) is 4.09. The molecule has 0 atom stereocenters. The van der Waals surface area contributed by atoms with Crippen molar-refractivity contribution in [2.75, 3.05) is 21.3 Å². The van der Waals surface area contributed by atoms with Gasteiger partial charge in [-0.25, -0.2) is 0 Å². The summed E-state index contributed by atoms with van der Waals surface area (Å²) in [5.74, 6) is 1.67. The van der Waals surface area contributed by atoms with E-state index < -0.39 is 0 Å². The lowest BCUT2D eigenvalue weighted by Crippen LogP contribution is -2.03. The highest BCUT2D eigenvalue weighted by molar-refractivity contribution is 6.09. The van der Waals surface area contributed by atoms with E-state index in [1.54, 1.807) is 44.6 Å². The quantitative estimate of drug-likeness (QED) is 0.759. The van der Waals surface area contributed by atoms with Gasteiger partial charge in [0.1, 0.15) is 23.9 Å². The molecule has 0 saturated carbocycles. The van der Waals surface area contributed by atoms with Gasteiger partial charge in [-0.05, 0) is 24.3 Å². The molecule has 0 unspecified atom stereocenters. The Bertz CT molecular complexity index is 600. The summed E-state index contributed by atoms with van der Waals surface area (Å²) in [5, 5.41) is 0. The molecule has 5 heteroatoms. The largest absolute Gasteiger partial charge is 0.497 e. The molecule has 0 bridgehead atoms. The molecule has 1 aromatic carbocycles. The molecule has 0 aliphatic rings. The number of hydrogen-bond acceptors (Lipinski definition) is 5. The average molecular weight is 276 g/mol. The summed E-state index contributed by atoms with van der Waals surface area (Å²) in [6, 6.07) is 8.35. The molecule has 1 heterocycles. The Kier molecular flexibility index (Phi) is 4.42. The first-order chi connectivity index (χ1) is 9.69. The van der Waals surface area contributed by atoms with Crippen LogP contribution in [0.15, 0.2) is 34.7 Å². The molecule has 2 rings (SSSR count). The number of carbonyl (C=O) groups excluding carboxylic acids is 1. The summed E-state index contributed by atoms with van der Waals surface area (Å²) in [5.41, 5.74) is 0.423. The molecule has 1 aromatic heterocycles. The maximum atomic E-state index is 12.4. The number of furan rings is 1. The zero-order valence-electron chi connectivity index (χ0n) is 11.6. The van der Waals surface area contributed by atoms with Crippen LogP contribution in [0.4, 0.5) is 0 Å². The zero-order chi connectivity index (χ0) is 14.5. The fourth-order valence-electron chi connectivity index (χ4n) is 1.84. The smallest absolute Gasteiger partial charge is 0.231 e. The summed E-state index contributed by atoms with van der Waals surface area (Å²) in [7, 11) is 4.63. The van der Waals surface area contributed by atoms with E-state index in [-0.39, 0.29) is 11.5 Å². The normalized spacial score (nSPS) is 10.3. The van der Waals surface area contributed by atoms with Crippen LogP contribution in [0.25, 0.3) is 0 Å². The topological polar surface area (TPSA) is 57.9 Å². The minimum Gasteiger partial charge on any atom is -0.497 e. The van der Waals surface area contributed by atoms with Gasteiger partial charge in [-0.2, -0.15) is 0 Å². The molecule has 0 N–H and O–H groups in total. The maximum Gasteiger partial charge on any atom is 0.231 e. The Morgan fingerprint density at radius 3 is 2.55 bits per heavy atom. The van der Waals surface area contributed by atoms with Gasteiger partial charge < -0.3 is 18.6 Å². The van der Waals surface area contributed by atoms with Crippen LogP contribution in [0.1, 0.15) is 21.9 Å². The number of carbonyl (C=O) groups is 1. The first-order valence-corrected chi connectivity index (χ1v) is 6.04. The number of methoxy groups -OCH3 is 3. The van der Waals surface area contributed by atoms with Crippen molar-refractivity contribution in [3.8, 4) is 11.5 Å². The molecule has 5 nitrogen and oxygen atoms in total. The monoisotopic (exact) mass is 276 g/mol. The average Bonchev–Trinajstić information content (AvgIpc) is 2.94. The predicted molar refractivity (Wildman–Crippen MR) is 72.4 cm³/mol. The van der Waals surface area contributed by atoms with Crippen LogP contribution in [0.3, 0.4) is 0 Å². The van der Waals surface area contributed by atoms with Gasteiger partial charge in [0.25, 0.3) is 0 Å². The third kappa shape index (κ3) is 2.83. The lowest BCUT2D eigenvalue weighted by atomic mass is 10.1. The second kappa shape index (κ2) is 6.25. The third-order valence-corrected chi connectivity index (χ3v) is 2.83. The van der Waals surface area contributed by atoms with Gasteiger partial charge in [0.05, 0.1) is 19.8 Å². The first-order valence-electron chi connectivity index (χ1n) is 6.04. The number of ketones is 1. The van der Waals surface area contributed by atoms with Gasteiger partial charge in [0.2, 0.25) is 5.78 Å². The summed E-state index contributed by atoms with van der Waals surface area (Å²) >= 11 is 0. The zero-order valence-corrected chi connectivity index (χ0v) is 11.6. The lowest BCUT2D eigenvalue weighted by Gasteiger charge is -2.08. The highest BCUT2D eigenvalue weighted by Gasteiger charge is 2.18. The van der Waals surface area contributed by atoms with Crippen molar-refractivity contribution in [3.05, 3.63) is 47.4 Å². The Morgan fingerprint density at radius 1 is 1.10 bits per heavy atom. The number of ether oxygens (including phenoxy) is 3. The van der Waals surface area contributed by atoms with E-state index in [1.807, 2.05) is 0 Å². The molecule has 0 radical (unpaired) electrons. The SMILES string of the molecule is COCc1ccc(C(=O)c2ccc(OC)cc2OC)o1. The van der Waals surface area contributed by atoms with Gasteiger partial charge >= 0.3 is 0 Å². The molecule has 0 amide bonds. The van der Waals surface area contributed by atoms with Crippen LogP contribution < -0.4 is 9.47 Å². The first kappa shape index (κ1) is 14.1. The molecule has 0 fully saturated rings. The van der Waals surface area contributed by atoms with E-state index in [1.165, 1.54) is 7.11 Å². The highest BCUT2D eigenvalue weighted by atomic mass is 16.5. The van der Waals surface area contributed by atoms with Crippen molar-refractivity contribution in [1.82, 2.24) is 0 Å². The Morgan fingerprint density at radius 2 is 1.90 bits per heavy atom. The summed E-state index contributed by atoms with van der Waals surface area (Å²) in [4.78, 5) is 12.4. The van der Waals surface area contributed by atoms with Gasteiger partial charge in [-0.3, -0.25) is 4.79 Å². The highest BCUT2D eigenvalue weighted by Crippen LogP contribution is 2.27. The fourth-order valence-corrected chi connectivity index (χ4v) is 1.84. The predicted octanol–water partition coefficient (Wildman–Crippen LogP) is 2.67. The molecule has 0 aliphatic carbocycles. The van der Waals surface area contributed by atoms with Crippen LogP contribution in [0.5, 0.6) is 11.5 Å². The molecule has 0 spiro atoms. The van der Waals surface area contributed by atoms with E-state index >= 15 is 0 Å².